The molecule has 7 aromatic rings. The molecule has 0 amide bonds. The highest BCUT2D eigenvalue weighted by Crippen LogP contribution is 2.33. The van der Waals surface area contributed by atoms with Gasteiger partial charge in [-0.25, -0.2) is 14.2 Å². The van der Waals surface area contributed by atoms with Crippen LogP contribution in [0.1, 0.15) is 0 Å². The molecule has 0 spiro atoms. The van der Waals surface area contributed by atoms with Gasteiger partial charge in [-0.1, -0.05) is 35.0 Å². The van der Waals surface area contributed by atoms with E-state index in [1.165, 1.54) is 0 Å². The zero-order chi connectivity index (χ0) is 23.5. The number of imidazole rings is 1. The number of para-hydroxylation sites is 1. The lowest BCUT2D eigenvalue weighted by atomic mass is 10.1. The molecule has 0 saturated carbocycles. The van der Waals surface area contributed by atoms with Gasteiger partial charge in [-0.15, -0.1) is 5.10 Å². The number of aromatic nitrogens is 8. The number of fused-ring (bicyclic) bond motifs is 3. The molecule has 4 aromatic heterocycles. The second kappa shape index (κ2) is 7.37. The highest BCUT2D eigenvalue weighted by atomic mass is 35.5. The molecule has 35 heavy (non-hydrogen) atoms. The lowest BCUT2D eigenvalue weighted by molar-refractivity contribution is 0.825. The Morgan fingerprint density at radius 3 is 2.66 bits per heavy atom. The van der Waals surface area contributed by atoms with Crippen LogP contribution in [0.25, 0.3) is 55.6 Å². The van der Waals surface area contributed by atoms with Gasteiger partial charge < -0.3 is 9.97 Å². The molecule has 7 rings (SSSR count). The van der Waals surface area contributed by atoms with Gasteiger partial charge in [0.25, 0.3) is 0 Å². The molecule has 0 fully saturated rings. The van der Waals surface area contributed by atoms with Crippen LogP contribution >= 0.6 is 11.6 Å². The fourth-order valence-electron chi connectivity index (χ4n) is 4.45. The Kier molecular flexibility index (Phi) is 4.15. The van der Waals surface area contributed by atoms with E-state index < -0.39 is 0 Å². The molecule has 0 aliphatic carbocycles. The van der Waals surface area contributed by atoms with Gasteiger partial charge in [0.2, 0.25) is 0 Å². The predicted molar refractivity (Wildman–Crippen MR) is 134 cm³/mol. The SMILES string of the molecule is O=c1[nH]c2ccc(-n3nnc4c(Cl)cc(-c5ccnn5-c5cccc6cccnc56)cc43)cc2[nH]1. The molecule has 9 nitrogen and oxygen atoms in total. The van der Waals surface area contributed by atoms with Gasteiger partial charge in [0, 0.05) is 17.1 Å². The maximum Gasteiger partial charge on any atom is 0.323 e. The second-order valence-corrected chi connectivity index (χ2v) is 8.52. The van der Waals surface area contributed by atoms with Crippen LogP contribution in [0.5, 0.6) is 0 Å². The number of benzene rings is 3. The molecule has 0 aliphatic heterocycles. The van der Waals surface area contributed by atoms with Gasteiger partial charge in [0.15, 0.2) is 0 Å². The van der Waals surface area contributed by atoms with Crippen molar-refractivity contribution in [1.29, 1.82) is 0 Å². The predicted octanol–water partition coefficient (Wildman–Crippen LogP) is 4.64. The molecule has 0 bridgehead atoms. The van der Waals surface area contributed by atoms with Crippen molar-refractivity contribution in [3.63, 3.8) is 0 Å². The fourth-order valence-corrected chi connectivity index (χ4v) is 4.70. The second-order valence-electron chi connectivity index (χ2n) is 8.12. The molecule has 168 valence electrons. The molecule has 0 radical (unpaired) electrons. The van der Waals surface area contributed by atoms with Crippen molar-refractivity contribution in [3.05, 3.63) is 94.6 Å². The lowest BCUT2D eigenvalue weighted by Gasteiger charge is -2.11. The van der Waals surface area contributed by atoms with Crippen LogP contribution in [0.4, 0.5) is 0 Å². The third-order valence-corrected chi connectivity index (χ3v) is 6.32. The molecule has 4 heterocycles. The summed E-state index contributed by atoms with van der Waals surface area (Å²) in [5.41, 5.74) is 6.62. The van der Waals surface area contributed by atoms with Crippen molar-refractivity contribution < 1.29 is 0 Å². The number of H-pyrrole nitrogens is 2. The van der Waals surface area contributed by atoms with Gasteiger partial charge in [-0.3, -0.25) is 4.98 Å². The average Bonchev–Trinajstić information content (AvgIpc) is 3.60. The lowest BCUT2D eigenvalue weighted by Crippen LogP contribution is -2.01. The van der Waals surface area contributed by atoms with Crippen molar-refractivity contribution in [2.75, 3.05) is 0 Å². The molecule has 0 atom stereocenters. The smallest absolute Gasteiger partial charge is 0.306 e. The zero-order valence-corrected chi connectivity index (χ0v) is 18.7. The number of nitrogens with one attached hydrogen (secondary N) is 2. The molecule has 3 aromatic carbocycles. The average molecular weight is 479 g/mol. The highest BCUT2D eigenvalue weighted by Gasteiger charge is 2.17. The van der Waals surface area contributed by atoms with Crippen molar-refractivity contribution in [3.8, 4) is 22.6 Å². The Hall–Kier alpha value is -4.76. The summed E-state index contributed by atoms with van der Waals surface area (Å²) in [6, 6.07) is 21.3. The summed E-state index contributed by atoms with van der Waals surface area (Å²) < 4.78 is 3.56. The monoisotopic (exact) mass is 478 g/mol. The molecule has 10 heteroatoms. The quantitative estimate of drug-likeness (QED) is 0.384. The van der Waals surface area contributed by atoms with Crippen molar-refractivity contribution >= 4 is 44.6 Å². The standard InChI is InChI=1S/C25H15ClN8O/c26-17-11-15(20-8-10-28-34(20)21-5-1-3-14-4-2-9-27-23(14)21)12-22-24(17)31-32-33(22)16-6-7-18-19(13-16)30-25(35)29-18/h1-13H,(H2,29,30,35). The summed E-state index contributed by atoms with van der Waals surface area (Å²) >= 11 is 6.66. The van der Waals surface area contributed by atoms with Gasteiger partial charge in [0.05, 0.1) is 50.4 Å². The van der Waals surface area contributed by atoms with Crippen molar-refractivity contribution in [1.82, 2.24) is 39.7 Å². The first-order valence-electron chi connectivity index (χ1n) is 10.8. The number of aromatic amines is 2. The molecular formula is C25H15ClN8O. The number of nitrogens with zero attached hydrogens (tertiary/aromatic N) is 6. The summed E-state index contributed by atoms with van der Waals surface area (Å²) in [7, 11) is 0. The maximum absolute atomic E-state index is 11.7. The minimum Gasteiger partial charge on any atom is -0.306 e. The van der Waals surface area contributed by atoms with E-state index in [0.29, 0.717) is 16.1 Å². The number of pyridine rings is 1. The van der Waals surface area contributed by atoms with Crippen LogP contribution in [0, 0.1) is 0 Å². The van der Waals surface area contributed by atoms with E-state index in [1.54, 1.807) is 17.1 Å². The van der Waals surface area contributed by atoms with E-state index in [2.05, 4.69) is 30.4 Å². The Bertz CT molecular complexity index is 1960. The summed E-state index contributed by atoms with van der Waals surface area (Å²) in [4.78, 5) is 21.8. The Morgan fingerprint density at radius 2 is 1.71 bits per heavy atom. The van der Waals surface area contributed by atoms with Gasteiger partial charge in [0.1, 0.15) is 5.52 Å². The van der Waals surface area contributed by atoms with Crippen LogP contribution in [0.3, 0.4) is 0 Å². The first kappa shape index (κ1) is 19.7. The summed E-state index contributed by atoms with van der Waals surface area (Å²) in [5, 5.41) is 14.7. The van der Waals surface area contributed by atoms with Crippen LogP contribution in [-0.4, -0.2) is 39.7 Å². The third-order valence-electron chi connectivity index (χ3n) is 6.03. The first-order valence-corrected chi connectivity index (χ1v) is 11.2. The van der Waals surface area contributed by atoms with Gasteiger partial charge in [-0.05, 0) is 48.5 Å². The van der Waals surface area contributed by atoms with Crippen molar-refractivity contribution in [2.45, 2.75) is 0 Å². The van der Waals surface area contributed by atoms with E-state index >= 15 is 0 Å². The summed E-state index contributed by atoms with van der Waals surface area (Å²) in [6.07, 6.45) is 3.53. The van der Waals surface area contributed by atoms with Crippen LogP contribution in [-0.2, 0) is 0 Å². The molecule has 0 saturated heterocycles. The van der Waals surface area contributed by atoms with E-state index in [4.69, 9.17) is 11.6 Å². The van der Waals surface area contributed by atoms with Crippen LogP contribution < -0.4 is 5.69 Å². The van der Waals surface area contributed by atoms with Gasteiger partial charge in [-0.2, -0.15) is 5.10 Å². The fraction of sp³-hybridized carbons (Fsp3) is 0. The van der Waals surface area contributed by atoms with Gasteiger partial charge >= 0.3 is 5.69 Å². The highest BCUT2D eigenvalue weighted by molar-refractivity contribution is 6.35. The largest absolute Gasteiger partial charge is 0.323 e. The topological polar surface area (TPSA) is 110 Å². The Morgan fingerprint density at radius 1 is 0.829 bits per heavy atom. The Balaban J connectivity index is 1.42. The molecule has 2 N–H and O–H groups in total. The number of halogens is 1. The van der Waals surface area contributed by atoms with E-state index in [9.17, 15) is 4.79 Å². The molecular weight excluding hydrogens is 464 g/mol. The van der Waals surface area contributed by atoms with E-state index in [0.717, 1.165) is 44.6 Å². The van der Waals surface area contributed by atoms with E-state index in [1.807, 2.05) is 71.4 Å². The number of hydrogen-bond acceptors (Lipinski definition) is 5. The van der Waals surface area contributed by atoms with E-state index in [-0.39, 0.29) is 5.69 Å². The Labute approximate surface area is 201 Å². The maximum atomic E-state index is 11.7. The number of rotatable bonds is 3. The zero-order valence-electron chi connectivity index (χ0n) is 18.0. The van der Waals surface area contributed by atoms with Crippen LogP contribution in [0.2, 0.25) is 5.02 Å². The molecule has 0 unspecified atom stereocenters. The number of hydrogen-bond donors (Lipinski definition) is 2. The van der Waals surface area contributed by atoms with Crippen LogP contribution in [0.15, 0.2) is 83.9 Å². The minimum atomic E-state index is -0.262. The van der Waals surface area contributed by atoms with Crippen molar-refractivity contribution in [2.24, 2.45) is 0 Å². The summed E-state index contributed by atoms with van der Waals surface area (Å²) in [5.74, 6) is 0. The minimum absolute atomic E-state index is 0.262. The molecule has 0 aliphatic rings. The summed E-state index contributed by atoms with van der Waals surface area (Å²) in [6.45, 7) is 0. The normalized spacial score (nSPS) is 11.7. The first-order chi connectivity index (χ1) is 17.2. The third kappa shape index (κ3) is 3.06.